The third-order valence-corrected chi connectivity index (χ3v) is 4.57. The van der Waals surface area contributed by atoms with Gasteiger partial charge in [0.05, 0.1) is 17.6 Å². The molecule has 26 heavy (non-hydrogen) atoms. The van der Waals surface area contributed by atoms with Crippen LogP contribution in [0.15, 0.2) is 47.5 Å². The van der Waals surface area contributed by atoms with Crippen molar-refractivity contribution in [3.63, 3.8) is 0 Å². The number of benzene rings is 1. The standard InChI is InChI=1S/C18H19N3O4S/c1-14-5-8-17(13-19-14)25-12-4-3-11-20-26(23,24)18-9-6-16(7-10-18)21-15(2)22/h5-10,13,20H,11-12H2,1-2H3,(H,21,22). The fourth-order valence-electron chi connectivity index (χ4n) is 1.91. The molecule has 0 aliphatic carbocycles. The van der Waals surface area contributed by atoms with E-state index < -0.39 is 10.0 Å². The Labute approximate surface area is 152 Å². The third kappa shape index (κ3) is 6.20. The number of carbonyl (C=O) groups is 1. The molecule has 0 saturated heterocycles. The number of pyridine rings is 1. The van der Waals surface area contributed by atoms with Crippen LogP contribution < -0.4 is 14.8 Å². The number of sulfonamides is 1. The van der Waals surface area contributed by atoms with Gasteiger partial charge in [-0.3, -0.25) is 9.78 Å². The second-order valence-electron chi connectivity index (χ2n) is 5.31. The zero-order valence-corrected chi connectivity index (χ0v) is 15.3. The van der Waals surface area contributed by atoms with Crippen molar-refractivity contribution in [1.29, 1.82) is 0 Å². The molecule has 2 rings (SSSR count). The van der Waals surface area contributed by atoms with Crippen molar-refractivity contribution in [1.82, 2.24) is 9.71 Å². The van der Waals surface area contributed by atoms with Crippen LogP contribution in [0.2, 0.25) is 0 Å². The summed E-state index contributed by atoms with van der Waals surface area (Å²) in [5.41, 5.74) is 1.42. The lowest BCUT2D eigenvalue weighted by atomic mass is 10.3. The number of aryl methyl sites for hydroxylation is 1. The Morgan fingerprint density at radius 3 is 2.50 bits per heavy atom. The Bertz CT molecular complexity index is 912. The summed E-state index contributed by atoms with van der Waals surface area (Å²) in [6.45, 7) is 3.36. The third-order valence-electron chi connectivity index (χ3n) is 3.16. The van der Waals surface area contributed by atoms with Crippen LogP contribution in [0.4, 0.5) is 5.69 Å². The average Bonchev–Trinajstić information content (AvgIpc) is 2.59. The maximum Gasteiger partial charge on any atom is 0.241 e. The Balaban J connectivity index is 1.82. The fraction of sp³-hybridized carbons (Fsp3) is 0.222. The Morgan fingerprint density at radius 1 is 1.15 bits per heavy atom. The van der Waals surface area contributed by atoms with Crippen LogP contribution in [0, 0.1) is 18.8 Å². The zero-order chi connectivity index (χ0) is 19.0. The summed E-state index contributed by atoms with van der Waals surface area (Å²) in [5, 5.41) is 2.57. The van der Waals surface area contributed by atoms with Crippen molar-refractivity contribution in [2.75, 3.05) is 18.5 Å². The first-order chi connectivity index (χ1) is 12.4. The molecule has 0 aliphatic rings. The van der Waals surface area contributed by atoms with Crippen molar-refractivity contribution in [2.45, 2.75) is 18.7 Å². The van der Waals surface area contributed by atoms with Gasteiger partial charge in [0.2, 0.25) is 15.9 Å². The maximum atomic E-state index is 12.1. The molecule has 0 fully saturated rings. The largest absolute Gasteiger partial charge is 0.479 e. The minimum atomic E-state index is -3.67. The van der Waals surface area contributed by atoms with Gasteiger partial charge >= 0.3 is 0 Å². The van der Waals surface area contributed by atoms with Gasteiger partial charge < -0.3 is 10.1 Å². The smallest absolute Gasteiger partial charge is 0.241 e. The van der Waals surface area contributed by atoms with Gasteiger partial charge in [-0.15, -0.1) is 0 Å². The molecule has 0 saturated carbocycles. The lowest BCUT2D eigenvalue weighted by molar-refractivity contribution is -0.114. The van der Waals surface area contributed by atoms with Crippen LogP contribution >= 0.6 is 0 Å². The predicted octanol–water partition coefficient (Wildman–Crippen LogP) is 1.71. The number of nitrogens with zero attached hydrogens (tertiary/aromatic N) is 1. The van der Waals surface area contributed by atoms with E-state index >= 15 is 0 Å². The highest BCUT2D eigenvalue weighted by Crippen LogP contribution is 2.13. The van der Waals surface area contributed by atoms with Gasteiger partial charge in [-0.1, -0.05) is 11.8 Å². The average molecular weight is 373 g/mol. The summed E-state index contributed by atoms with van der Waals surface area (Å²) in [6.07, 6.45) is 1.60. The van der Waals surface area contributed by atoms with E-state index in [0.29, 0.717) is 11.4 Å². The summed E-state index contributed by atoms with van der Waals surface area (Å²) < 4.78 is 32.1. The van der Waals surface area contributed by atoms with Crippen LogP contribution in [-0.2, 0) is 14.8 Å². The van der Waals surface area contributed by atoms with E-state index in [1.165, 1.54) is 31.2 Å². The molecule has 8 heteroatoms. The fourth-order valence-corrected chi connectivity index (χ4v) is 2.83. The SMILES string of the molecule is CC(=O)Nc1ccc(S(=O)(=O)NCC#CCOc2ccc(C)nc2)cc1. The molecule has 2 N–H and O–H groups in total. The van der Waals surface area contributed by atoms with Gasteiger partial charge in [-0.25, -0.2) is 8.42 Å². The molecule has 1 aromatic heterocycles. The number of amides is 1. The van der Waals surface area contributed by atoms with Crippen LogP contribution in [0.25, 0.3) is 0 Å². The molecule has 0 aliphatic heterocycles. The summed E-state index contributed by atoms with van der Waals surface area (Å²) in [6, 6.07) is 9.48. The second kappa shape index (κ2) is 8.99. The number of anilines is 1. The van der Waals surface area contributed by atoms with E-state index in [4.69, 9.17) is 4.74 Å². The van der Waals surface area contributed by atoms with Crippen LogP contribution in [-0.4, -0.2) is 32.5 Å². The molecule has 0 spiro atoms. The van der Waals surface area contributed by atoms with Gasteiger partial charge in [0.15, 0.2) is 0 Å². The molecule has 2 aromatic rings. The summed E-state index contributed by atoms with van der Waals surface area (Å²) in [4.78, 5) is 15.1. The summed E-state index contributed by atoms with van der Waals surface area (Å²) >= 11 is 0. The second-order valence-corrected chi connectivity index (χ2v) is 7.07. The van der Waals surface area contributed by atoms with Crippen molar-refractivity contribution >= 4 is 21.6 Å². The Morgan fingerprint density at radius 2 is 1.88 bits per heavy atom. The minimum absolute atomic E-state index is 0.0364. The van der Waals surface area contributed by atoms with E-state index in [0.717, 1.165) is 5.69 Å². The summed E-state index contributed by atoms with van der Waals surface area (Å²) in [5.74, 6) is 5.79. The van der Waals surface area contributed by atoms with E-state index in [1.807, 2.05) is 13.0 Å². The van der Waals surface area contributed by atoms with Crippen LogP contribution in [0.3, 0.4) is 0 Å². The first-order valence-electron chi connectivity index (χ1n) is 7.75. The number of aromatic nitrogens is 1. The Kier molecular flexibility index (Phi) is 6.72. The maximum absolute atomic E-state index is 12.1. The number of hydrogen-bond donors (Lipinski definition) is 2. The van der Waals surface area contributed by atoms with Gasteiger partial charge in [0.25, 0.3) is 0 Å². The van der Waals surface area contributed by atoms with Crippen molar-refractivity contribution in [3.05, 3.63) is 48.3 Å². The van der Waals surface area contributed by atoms with Crippen LogP contribution in [0.1, 0.15) is 12.6 Å². The van der Waals surface area contributed by atoms with Gasteiger partial charge in [0.1, 0.15) is 12.4 Å². The lowest BCUT2D eigenvalue weighted by Crippen LogP contribution is -2.24. The molecule has 1 aromatic carbocycles. The van der Waals surface area contributed by atoms with Gasteiger partial charge in [-0.05, 0) is 43.3 Å². The highest BCUT2D eigenvalue weighted by molar-refractivity contribution is 7.89. The first kappa shape index (κ1) is 19.4. The molecule has 0 bridgehead atoms. The number of nitrogens with one attached hydrogen (secondary N) is 2. The van der Waals surface area contributed by atoms with Gasteiger partial charge in [-0.2, -0.15) is 4.72 Å². The molecule has 1 heterocycles. The van der Waals surface area contributed by atoms with E-state index in [9.17, 15) is 13.2 Å². The highest BCUT2D eigenvalue weighted by Gasteiger charge is 2.12. The number of carbonyl (C=O) groups excluding carboxylic acids is 1. The van der Waals surface area contributed by atoms with E-state index in [1.54, 1.807) is 12.3 Å². The zero-order valence-electron chi connectivity index (χ0n) is 14.4. The highest BCUT2D eigenvalue weighted by atomic mass is 32.2. The monoisotopic (exact) mass is 373 g/mol. The summed E-state index contributed by atoms with van der Waals surface area (Å²) in [7, 11) is -3.67. The molecular formula is C18H19N3O4S. The molecule has 0 radical (unpaired) electrons. The van der Waals surface area contributed by atoms with Gasteiger partial charge in [0, 0.05) is 18.3 Å². The molecule has 136 valence electrons. The van der Waals surface area contributed by atoms with Crippen molar-refractivity contribution < 1.29 is 17.9 Å². The topological polar surface area (TPSA) is 97.4 Å². The molecule has 1 amide bonds. The lowest BCUT2D eigenvalue weighted by Gasteiger charge is -2.06. The molecule has 0 unspecified atom stereocenters. The van der Waals surface area contributed by atoms with E-state index in [-0.39, 0.29) is 24.0 Å². The van der Waals surface area contributed by atoms with Crippen molar-refractivity contribution in [2.24, 2.45) is 0 Å². The Hall–Kier alpha value is -2.89. The quantitative estimate of drug-likeness (QED) is 0.752. The van der Waals surface area contributed by atoms with Crippen molar-refractivity contribution in [3.8, 4) is 17.6 Å². The normalized spacial score (nSPS) is 10.5. The molecule has 0 atom stereocenters. The minimum Gasteiger partial charge on any atom is -0.479 e. The molecular weight excluding hydrogens is 354 g/mol. The predicted molar refractivity (Wildman–Crippen MR) is 98.2 cm³/mol. The van der Waals surface area contributed by atoms with Crippen LogP contribution in [0.5, 0.6) is 5.75 Å². The number of rotatable bonds is 6. The molecule has 7 nitrogen and oxygen atoms in total. The number of hydrogen-bond acceptors (Lipinski definition) is 5. The first-order valence-corrected chi connectivity index (χ1v) is 9.23. The van der Waals surface area contributed by atoms with E-state index in [2.05, 4.69) is 26.9 Å². The number of ether oxygens (including phenoxy) is 1.